The van der Waals surface area contributed by atoms with Gasteiger partial charge in [-0.3, -0.25) is 14.5 Å². The zero-order chi connectivity index (χ0) is 12.1. The molecule has 1 unspecified atom stereocenters. The van der Waals surface area contributed by atoms with E-state index in [1.165, 1.54) is 4.90 Å². The lowest BCUT2D eigenvalue weighted by molar-refractivity contribution is -0.139. The van der Waals surface area contributed by atoms with Gasteiger partial charge in [0.15, 0.2) is 0 Å². The average molecular weight is 242 g/mol. The van der Waals surface area contributed by atoms with Crippen molar-refractivity contribution >= 4 is 29.0 Å². The minimum absolute atomic E-state index is 0.0241. The first-order valence-corrected chi connectivity index (χ1v) is 6.02. The summed E-state index contributed by atoms with van der Waals surface area (Å²) >= 11 is 4.88. The van der Waals surface area contributed by atoms with Crippen LogP contribution >= 0.6 is 12.2 Å². The lowest BCUT2D eigenvalue weighted by Gasteiger charge is -2.14. The molecule has 0 aromatic rings. The van der Waals surface area contributed by atoms with E-state index in [0.717, 1.165) is 24.4 Å². The van der Waals surface area contributed by atoms with Gasteiger partial charge in [0.2, 0.25) is 11.8 Å². The molecule has 1 saturated heterocycles. The summed E-state index contributed by atoms with van der Waals surface area (Å²) in [6.07, 6.45) is 2.12. The van der Waals surface area contributed by atoms with Crippen molar-refractivity contribution in [2.24, 2.45) is 5.92 Å². The van der Waals surface area contributed by atoms with E-state index >= 15 is 0 Å². The zero-order valence-corrected chi connectivity index (χ0v) is 10.6. The maximum Gasteiger partial charge on any atom is 0.232 e. The van der Waals surface area contributed by atoms with Gasteiger partial charge in [-0.2, -0.15) is 0 Å². The molecule has 1 N–H and O–H groups in total. The molecule has 4 nitrogen and oxygen atoms in total. The van der Waals surface area contributed by atoms with Gasteiger partial charge in [0.25, 0.3) is 0 Å². The molecule has 0 saturated carbocycles. The Bertz CT molecular complexity index is 304. The fraction of sp³-hybridized carbons (Fsp3) is 0.727. The summed E-state index contributed by atoms with van der Waals surface area (Å²) in [7, 11) is 0. The number of carbonyl (C=O) groups excluding carboxylic acids is 2. The van der Waals surface area contributed by atoms with Crippen molar-refractivity contribution in [1.29, 1.82) is 0 Å². The smallest absolute Gasteiger partial charge is 0.232 e. The highest BCUT2D eigenvalue weighted by molar-refractivity contribution is 7.80. The van der Waals surface area contributed by atoms with Crippen LogP contribution in [0.3, 0.4) is 0 Å². The van der Waals surface area contributed by atoms with E-state index in [0.29, 0.717) is 13.0 Å². The van der Waals surface area contributed by atoms with E-state index in [9.17, 15) is 9.59 Å². The van der Waals surface area contributed by atoms with E-state index in [1.54, 1.807) is 6.92 Å². The van der Waals surface area contributed by atoms with Gasteiger partial charge in [0.05, 0.1) is 4.99 Å². The Morgan fingerprint density at radius 1 is 1.50 bits per heavy atom. The molecule has 1 fully saturated rings. The van der Waals surface area contributed by atoms with Gasteiger partial charge in [-0.05, 0) is 19.8 Å². The topological polar surface area (TPSA) is 49.4 Å². The number of imide groups is 1. The quantitative estimate of drug-likeness (QED) is 0.445. The van der Waals surface area contributed by atoms with Gasteiger partial charge in [0.1, 0.15) is 0 Å². The largest absolute Gasteiger partial charge is 0.380 e. The zero-order valence-electron chi connectivity index (χ0n) is 9.78. The molecule has 0 spiro atoms. The van der Waals surface area contributed by atoms with Gasteiger partial charge >= 0.3 is 0 Å². The first-order valence-electron chi connectivity index (χ1n) is 5.61. The average Bonchev–Trinajstić information content (AvgIpc) is 2.43. The summed E-state index contributed by atoms with van der Waals surface area (Å²) < 4.78 is 0. The second-order valence-corrected chi connectivity index (χ2v) is 4.79. The SMILES string of the molecule is CC(=S)NCCCCN1C(=O)CC(C)C1=O. The van der Waals surface area contributed by atoms with Gasteiger partial charge < -0.3 is 5.32 Å². The molecule has 1 aliphatic rings. The van der Waals surface area contributed by atoms with Crippen LogP contribution in [-0.2, 0) is 9.59 Å². The summed E-state index contributed by atoms with van der Waals surface area (Å²) in [6, 6.07) is 0. The number of unbranched alkanes of at least 4 members (excludes halogenated alkanes) is 1. The number of nitrogens with zero attached hydrogens (tertiary/aromatic N) is 1. The number of hydrogen-bond acceptors (Lipinski definition) is 3. The molecule has 0 aromatic carbocycles. The molecule has 0 aromatic heterocycles. The number of thiocarbonyl (C=S) groups is 1. The van der Waals surface area contributed by atoms with Crippen LogP contribution in [0.1, 0.15) is 33.1 Å². The van der Waals surface area contributed by atoms with Crippen LogP contribution in [-0.4, -0.2) is 34.8 Å². The third kappa shape index (κ3) is 3.56. The third-order valence-corrected chi connectivity index (χ3v) is 2.80. The fourth-order valence-electron chi connectivity index (χ4n) is 1.74. The minimum Gasteiger partial charge on any atom is -0.380 e. The van der Waals surface area contributed by atoms with Crippen LogP contribution in [0, 0.1) is 5.92 Å². The van der Waals surface area contributed by atoms with Crippen LogP contribution in [0.15, 0.2) is 0 Å². The van der Waals surface area contributed by atoms with Gasteiger partial charge in [0, 0.05) is 25.4 Å². The standard InChI is InChI=1S/C11H18N2O2S/c1-8-7-10(14)13(11(8)15)6-4-3-5-12-9(2)16/h8H,3-7H2,1-2H3,(H,12,16). The van der Waals surface area contributed by atoms with Gasteiger partial charge in [-0.1, -0.05) is 19.1 Å². The first-order chi connectivity index (χ1) is 7.52. The molecule has 0 bridgehead atoms. The Morgan fingerprint density at radius 3 is 2.69 bits per heavy atom. The molecular weight excluding hydrogens is 224 g/mol. The summed E-state index contributed by atoms with van der Waals surface area (Å²) in [5, 5.41) is 3.05. The highest BCUT2D eigenvalue weighted by Gasteiger charge is 2.34. The second kappa shape index (κ2) is 5.94. The van der Waals surface area contributed by atoms with E-state index in [2.05, 4.69) is 5.32 Å². The van der Waals surface area contributed by atoms with Gasteiger partial charge in [-0.15, -0.1) is 0 Å². The molecule has 0 aliphatic carbocycles. The van der Waals surface area contributed by atoms with Gasteiger partial charge in [-0.25, -0.2) is 0 Å². The van der Waals surface area contributed by atoms with Crippen LogP contribution < -0.4 is 5.32 Å². The lowest BCUT2D eigenvalue weighted by atomic mass is 10.1. The Morgan fingerprint density at radius 2 is 2.19 bits per heavy atom. The molecule has 0 radical (unpaired) electrons. The maximum atomic E-state index is 11.6. The van der Waals surface area contributed by atoms with Crippen molar-refractivity contribution in [3.05, 3.63) is 0 Å². The molecule has 2 amide bonds. The van der Waals surface area contributed by atoms with Crippen LogP contribution in [0.5, 0.6) is 0 Å². The Hall–Kier alpha value is -0.970. The maximum absolute atomic E-state index is 11.6. The summed E-state index contributed by atoms with van der Waals surface area (Å²) in [4.78, 5) is 25.2. The number of nitrogens with one attached hydrogen (secondary N) is 1. The van der Waals surface area contributed by atoms with Crippen LogP contribution in [0.4, 0.5) is 0 Å². The van der Waals surface area contributed by atoms with Crippen molar-refractivity contribution in [3.63, 3.8) is 0 Å². The number of carbonyl (C=O) groups is 2. The Balaban J connectivity index is 2.20. The normalized spacial score (nSPS) is 20.4. The van der Waals surface area contributed by atoms with E-state index < -0.39 is 0 Å². The van der Waals surface area contributed by atoms with Crippen molar-refractivity contribution in [1.82, 2.24) is 10.2 Å². The number of rotatable bonds is 5. The van der Waals surface area contributed by atoms with Crippen molar-refractivity contribution in [3.8, 4) is 0 Å². The molecule has 5 heteroatoms. The number of amides is 2. The molecule has 1 atom stereocenters. The third-order valence-electron chi connectivity index (χ3n) is 2.65. The van der Waals surface area contributed by atoms with Crippen molar-refractivity contribution in [2.75, 3.05) is 13.1 Å². The number of likely N-dealkylation sites (tertiary alicyclic amines) is 1. The fourth-order valence-corrected chi connectivity index (χ4v) is 1.84. The lowest BCUT2D eigenvalue weighted by Crippen LogP contribution is -2.31. The number of hydrogen-bond donors (Lipinski definition) is 1. The molecule has 16 heavy (non-hydrogen) atoms. The summed E-state index contributed by atoms with van der Waals surface area (Å²) in [5.41, 5.74) is 0. The minimum atomic E-state index is -0.131. The Labute approximate surface area is 101 Å². The second-order valence-electron chi connectivity index (χ2n) is 4.18. The summed E-state index contributed by atoms with van der Waals surface area (Å²) in [5.74, 6) is -0.186. The molecule has 90 valence electrons. The van der Waals surface area contributed by atoms with E-state index in [-0.39, 0.29) is 17.7 Å². The van der Waals surface area contributed by atoms with Crippen LogP contribution in [0.25, 0.3) is 0 Å². The highest BCUT2D eigenvalue weighted by atomic mass is 32.1. The van der Waals surface area contributed by atoms with Crippen molar-refractivity contribution in [2.45, 2.75) is 33.1 Å². The summed E-state index contributed by atoms with van der Waals surface area (Å²) in [6.45, 7) is 4.99. The van der Waals surface area contributed by atoms with E-state index in [4.69, 9.17) is 12.2 Å². The van der Waals surface area contributed by atoms with E-state index in [1.807, 2.05) is 6.92 Å². The first kappa shape index (κ1) is 13.1. The molecular formula is C11H18N2O2S. The highest BCUT2D eigenvalue weighted by Crippen LogP contribution is 2.18. The van der Waals surface area contributed by atoms with Crippen molar-refractivity contribution < 1.29 is 9.59 Å². The van der Waals surface area contributed by atoms with Crippen LogP contribution in [0.2, 0.25) is 0 Å². The predicted octanol–water partition coefficient (Wildman–Crippen LogP) is 1.10. The Kier molecular flexibility index (Phi) is 4.86. The molecule has 1 rings (SSSR count). The monoisotopic (exact) mass is 242 g/mol. The molecule has 1 heterocycles. The molecule has 1 aliphatic heterocycles. The predicted molar refractivity (Wildman–Crippen MR) is 66.0 cm³/mol.